The number of allylic oxidation sites excluding steroid dienone is 2. The van der Waals surface area contributed by atoms with E-state index in [0.29, 0.717) is 11.4 Å². The molecular weight excluding hydrogens is 384 g/mol. The minimum atomic E-state index is -1.48. The largest absolute Gasteiger partial charge is 0.469 e. The molecule has 1 aliphatic carbocycles. The normalized spacial score (nSPS) is 19.7. The summed E-state index contributed by atoms with van der Waals surface area (Å²) in [7, 11) is 3.79. The molecule has 0 N–H and O–H groups in total. The van der Waals surface area contributed by atoms with E-state index < -0.39 is 23.3 Å². The topological polar surface area (TPSA) is 78.9 Å². The van der Waals surface area contributed by atoms with Gasteiger partial charge >= 0.3 is 17.9 Å². The Morgan fingerprint density at radius 3 is 2.25 bits per heavy atom. The van der Waals surface area contributed by atoms with Crippen molar-refractivity contribution in [1.29, 1.82) is 0 Å². The van der Waals surface area contributed by atoms with Crippen molar-refractivity contribution in [2.75, 3.05) is 21.3 Å². The molecule has 0 amide bonds. The summed E-state index contributed by atoms with van der Waals surface area (Å²) in [6.45, 7) is 1.98. The number of halogens is 1. The van der Waals surface area contributed by atoms with Gasteiger partial charge in [0.1, 0.15) is 0 Å². The van der Waals surface area contributed by atoms with Crippen LogP contribution in [0.25, 0.3) is 5.57 Å². The quantitative estimate of drug-likeness (QED) is 0.404. The van der Waals surface area contributed by atoms with Gasteiger partial charge in [-0.1, -0.05) is 36.2 Å². The van der Waals surface area contributed by atoms with Gasteiger partial charge in [-0.05, 0) is 48.4 Å². The van der Waals surface area contributed by atoms with Gasteiger partial charge in [0.05, 0.1) is 27.8 Å². The van der Waals surface area contributed by atoms with Crippen LogP contribution in [0.4, 0.5) is 0 Å². The third-order valence-electron chi connectivity index (χ3n) is 5.29. The third kappa shape index (κ3) is 4.22. The van der Waals surface area contributed by atoms with Crippen molar-refractivity contribution in [3.8, 4) is 0 Å². The molecule has 0 saturated heterocycles. The average molecular weight is 409 g/mol. The average Bonchev–Trinajstić information content (AvgIpc) is 3.07. The molecular formula is C21H25ClO6. The second-order valence-electron chi connectivity index (χ2n) is 6.79. The van der Waals surface area contributed by atoms with Crippen molar-refractivity contribution in [3.05, 3.63) is 40.4 Å². The molecule has 1 saturated carbocycles. The van der Waals surface area contributed by atoms with Gasteiger partial charge in [0.15, 0.2) is 5.41 Å². The van der Waals surface area contributed by atoms with Crippen molar-refractivity contribution in [2.24, 2.45) is 11.3 Å². The molecule has 1 fully saturated rings. The van der Waals surface area contributed by atoms with Crippen LogP contribution in [-0.2, 0) is 28.6 Å². The number of esters is 3. The first-order valence-electron chi connectivity index (χ1n) is 9.04. The highest BCUT2D eigenvalue weighted by Gasteiger charge is 2.56. The molecule has 1 aromatic carbocycles. The van der Waals surface area contributed by atoms with Crippen LogP contribution in [0.2, 0.25) is 5.02 Å². The molecule has 1 aromatic rings. The van der Waals surface area contributed by atoms with E-state index >= 15 is 0 Å². The maximum atomic E-state index is 12.6. The van der Waals surface area contributed by atoms with Gasteiger partial charge in [-0.25, -0.2) is 0 Å². The summed E-state index contributed by atoms with van der Waals surface area (Å²) >= 11 is 6.15. The van der Waals surface area contributed by atoms with Crippen LogP contribution in [0.5, 0.6) is 0 Å². The fraction of sp³-hybridized carbons (Fsp3) is 0.476. The molecule has 7 heteroatoms. The molecule has 0 aliphatic heterocycles. The van der Waals surface area contributed by atoms with Gasteiger partial charge in [-0.2, -0.15) is 0 Å². The van der Waals surface area contributed by atoms with Crippen LogP contribution >= 0.6 is 11.6 Å². The zero-order chi connectivity index (χ0) is 20.9. The van der Waals surface area contributed by atoms with Crippen molar-refractivity contribution >= 4 is 35.1 Å². The molecule has 1 atom stereocenters. The molecule has 1 unspecified atom stereocenters. The zero-order valence-corrected chi connectivity index (χ0v) is 17.3. The number of carbonyl (C=O) groups excluding carboxylic acids is 3. The van der Waals surface area contributed by atoms with Crippen LogP contribution in [-0.4, -0.2) is 39.2 Å². The van der Waals surface area contributed by atoms with Crippen LogP contribution in [0.1, 0.15) is 38.2 Å². The predicted octanol–water partition coefficient (Wildman–Crippen LogP) is 3.81. The summed E-state index contributed by atoms with van der Waals surface area (Å²) < 4.78 is 14.7. The Labute approximate surface area is 169 Å². The zero-order valence-electron chi connectivity index (χ0n) is 16.5. The second kappa shape index (κ2) is 9.24. The lowest BCUT2D eigenvalue weighted by Gasteiger charge is -2.22. The van der Waals surface area contributed by atoms with Gasteiger partial charge in [-0.3, -0.25) is 14.4 Å². The first kappa shape index (κ1) is 22.0. The fourth-order valence-electron chi connectivity index (χ4n) is 4.00. The van der Waals surface area contributed by atoms with Gasteiger partial charge in [0.25, 0.3) is 0 Å². The van der Waals surface area contributed by atoms with Gasteiger partial charge in [0.2, 0.25) is 0 Å². The lowest BCUT2D eigenvalue weighted by molar-refractivity contribution is -0.169. The Morgan fingerprint density at radius 1 is 1.11 bits per heavy atom. The minimum Gasteiger partial charge on any atom is -0.469 e. The van der Waals surface area contributed by atoms with Crippen LogP contribution in [0.3, 0.4) is 0 Å². The van der Waals surface area contributed by atoms with E-state index in [2.05, 4.69) is 0 Å². The fourth-order valence-corrected chi connectivity index (χ4v) is 4.19. The smallest absolute Gasteiger partial charge is 0.323 e. The monoisotopic (exact) mass is 408 g/mol. The summed E-state index contributed by atoms with van der Waals surface area (Å²) in [5, 5.41) is 0.582. The number of carbonyl (C=O) groups is 3. The molecule has 152 valence electrons. The van der Waals surface area contributed by atoms with E-state index in [1.54, 1.807) is 6.07 Å². The summed E-state index contributed by atoms with van der Waals surface area (Å²) in [5.41, 5.74) is 1.22. The number of hydrogen-bond donors (Lipinski definition) is 0. The van der Waals surface area contributed by atoms with Crippen molar-refractivity contribution < 1.29 is 28.6 Å². The van der Waals surface area contributed by atoms with Crippen molar-refractivity contribution in [2.45, 2.75) is 32.6 Å². The molecule has 28 heavy (non-hydrogen) atoms. The van der Waals surface area contributed by atoms with E-state index in [4.69, 9.17) is 25.8 Å². The summed E-state index contributed by atoms with van der Waals surface area (Å²) in [6.07, 6.45) is 0.960. The lowest BCUT2D eigenvalue weighted by Crippen LogP contribution is -2.39. The summed E-state index contributed by atoms with van der Waals surface area (Å²) in [5.74, 6) is -2.08. The maximum absolute atomic E-state index is 12.6. The van der Waals surface area contributed by atoms with E-state index in [9.17, 15) is 14.4 Å². The summed E-state index contributed by atoms with van der Waals surface area (Å²) in [4.78, 5) is 37.2. The van der Waals surface area contributed by atoms with E-state index in [-0.39, 0.29) is 25.2 Å². The molecule has 2 rings (SSSR count). The number of methoxy groups -OCH3 is 3. The number of benzene rings is 1. The molecule has 0 bridgehead atoms. The molecule has 0 heterocycles. The van der Waals surface area contributed by atoms with Crippen LogP contribution < -0.4 is 0 Å². The number of hydrogen-bond acceptors (Lipinski definition) is 6. The van der Waals surface area contributed by atoms with E-state index in [0.717, 1.165) is 16.7 Å². The first-order chi connectivity index (χ1) is 13.3. The highest BCUT2D eigenvalue weighted by molar-refractivity contribution is 6.30. The second-order valence-corrected chi connectivity index (χ2v) is 7.23. The van der Waals surface area contributed by atoms with Gasteiger partial charge in [0, 0.05) is 5.02 Å². The summed E-state index contributed by atoms with van der Waals surface area (Å²) in [6, 6.07) is 7.37. The third-order valence-corrected chi connectivity index (χ3v) is 5.52. The number of rotatable bonds is 6. The lowest BCUT2D eigenvalue weighted by atomic mass is 9.84. The van der Waals surface area contributed by atoms with E-state index in [1.165, 1.54) is 21.3 Å². The van der Waals surface area contributed by atoms with Crippen LogP contribution in [0.15, 0.2) is 29.8 Å². The van der Waals surface area contributed by atoms with Crippen LogP contribution in [0, 0.1) is 11.3 Å². The molecule has 0 radical (unpaired) electrons. The van der Waals surface area contributed by atoms with E-state index in [1.807, 2.05) is 25.1 Å². The Kier molecular flexibility index (Phi) is 7.24. The Bertz CT molecular complexity index is 782. The molecule has 0 aromatic heterocycles. The van der Waals surface area contributed by atoms with Crippen molar-refractivity contribution in [3.63, 3.8) is 0 Å². The molecule has 6 nitrogen and oxygen atoms in total. The standard InChI is InChI=1S/C21H25ClO6/c1-5-16(13-7-6-8-15(22)9-13)17-12-21(19(24)27-3,20(25)28-4)11-14(17)10-18(23)26-2/h6-9,14H,5,10-12H2,1-4H3/b17-16-. The van der Waals surface area contributed by atoms with Gasteiger partial charge in [-0.15, -0.1) is 0 Å². The highest BCUT2D eigenvalue weighted by Crippen LogP contribution is 2.51. The SMILES string of the molecule is CC/C(=C1\CC(C(=O)OC)(C(=O)OC)CC1CC(=O)OC)c1cccc(Cl)c1. The minimum absolute atomic E-state index is 0.0611. The first-order valence-corrected chi connectivity index (χ1v) is 9.42. The predicted molar refractivity (Wildman–Crippen MR) is 104 cm³/mol. The Hall–Kier alpha value is -2.34. The highest BCUT2D eigenvalue weighted by atomic mass is 35.5. The Balaban J connectivity index is 2.64. The molecule has 0 spiro atoms. The van der Waals surface area contributed by atoms with Crippen molar-refractivity contribution in [1.82, 2.24) is 0 Å². The number of ether oxygens (including phenoxy) is 3. The molecule has 1 aliphatic rings. The van der Waals surface area contributed by atoms with Gasteiger partial charge < -0.3 is 14.2 Å². The Morgan fingerprint density at radius 2 is 1.75 bits per heavy atom. The maximum Gasteiger partial charge on any atom is 0.323 e.